The van der Waals surface area contributed by atoms with Crippen molar-refractivity contribution in [3.63, 3.8) is 0 Å². The lowest BCUT2D eigenvalue weighted by Crippen LogP contribution is -2.45. The molecule has 4 aliphatic rings. The third-order valence-electron chi connectivity index (χ3n) is 14.5. The highest BCUT2D eigenvalue weighted by molar-refractivity contribution is 7.92. The molecular formula is C46H74N16O18S5. The van der Waals surface area contributed by atoms with Crippen LogP contribution < -0.4 is 33.7 Å². The average molecular weight is 1300 g/mol. The minimum absolute atomic E-state index is 0.0822. The van der Waals surface area contributed by atoms with Gasteiger partial charge in [0.1, 0.15) is 0 Å². The van der Waals surface area contributed by atoms with Gasteiger partial charge in [-0.15, -0.1) is 0 Å². The highest BCUT2D eigenvalue weighted by Crippen LogP contribution is 2.09. The number of fused-ring (bicyclic) bond motifs is 3. The molecule has 34 nitrogen and oxygen atoms in total. The van der Waals surface area contributed by atoms with Crippen molar-refractivity contribution in [2.45, 2.75) is 13.1 Å². The van der Waals surface area contributed by atoms with Crippen molar-refractivity contribution in [2.24, 2.45) is 42.3 Å². The molecule has 4 fully saturated rings. The molecule has 0 aliphatic carbocycles. The molecule has 0 saturated carbocycles. The molecule has 476 valence electrons. The van der Waals surface area contributed by atoms with Crippen molar-refractivity contribution in [3.05, 3.63) is 81.5 Å². The summed E-state index contributed by atoms with van der Waals surface area (Å²) in [5.41, 5.74) is -0.114. The quantitative estimate of drug-likeness (QED) is 0.108. The van der Waals surface area contributed by atoms with Gasteiger partial charge in [0, 0.05) is 134 Å². The normalized spacial score (nSPS) is 19.0. The van der Waals surface area contributed by atoms with E-state index in [0.29, 0.717) is 112 Å². The molecule has 0 spiro atoms. The van der Waals surface area contributed by atoms with Crippen molar-refractivity contribution in [1.82, 2.24) is 76.1 Å². The first-order valence-electron chi connectivity index (χ1n) is 26.6. The van der Waals surface area contributed by atoms with Gasteiger partial charge < -0.3 is 18.8 Å². The lowest BCUT2D eigenvalue weighted by atomic mass is 10.4. The Balaban J connectivity index is 0.000000175. The lowest BCUT2D eigenvalue weighted by Gasteiger charge is -2.26. The maximum absolute atomic E-state index is 12.5. The van der Waals surface area contributed by atoms with Gasteiger partial charge in [0.05, 0.1) is 84.5 Å². The van der Waals surface area contributed by atoms with E-state index in [1.54, 1.807) is 56.0 Å². The van der Waals surface area contributed by atoms with E-state index in [9.17, 15) is 70.9 Å². The summed E-state index contributed by atoms with van der Waals surface area (Å²) in [6.07, 6.45) is 5.50. The van der Waals surface area contributed by atoms with Crippen LogP contribution >= 0.6 is 0 Å². The smallest absolute Gasteiger partial charge is 0.332 e. The fourth-order valence-electron chi connectivity index (χ4n) is 9.29. The number of aromatic amines is 1. The van der Waals surface area contributed by atoms with Gasteiger partial charge >= 0.3 is 17.1 Å². The number of aliphatic hydroxyl groups is 1. The van der Waals surface area contributed by atoms with Crippen LogP contribution in [0.4, 0.5) is 0 Å². The third kappa shape index (κ3) is 18.3. The molecule has 6 aromatic heterocycles. The van der Waals surface area contributed by atoms with Gasteiger partial charge in [-0.1, -0.05) is 0 Å². The zero-order chi connectivity index (χ0) is 63.0. The Labute approximate surface area is 488 Å². The molecule has 0 radical (unpaired) electrons. The second-order valence-corrected chi connectivity index (χ2v) is 31.6. The summed E-state index contributed by atoms with van der Waals surface area (Å²) in [7, 11) is -5.04. The Bertz CT molecular complexity index is 4130. The van der Waals surface area contributed by atoms with Crippen molar-refractivity contribution in [3.8, 4) is 0 Å². The molecule has 0 amide bonds. The predicted octanol–water partition coefficient (Wildman–Crippen LogP) is -7.31. The van der Waals surface area contributed by atoms with Crippen LogP contribution in [0.3, 0.4) is 0 Å². The maximum atomic E-state index is 12.5. The number of hydrogen-bond donors (Lipinski definition) is 2. The molecule has 0 bridgehead atoms. The van der Waals surface area contributed by atoms with Crippen LogP contribution in [0.1, 0.15) is 0 Å². The summed E-state index contributed by atoms with van der Waals surface area (Å²) in [5, 5.41) is 8.56. The van der Waals surface area contributed by atoms with Gasteiger partial charge in [0.2, 0.25) is 0 Å². The second-order valence-electron chi connectivity index (χ2n) is 20.7. The number of nitrogens with zero attached hydrogens (tertiary/aromatic N) is 15. The first-order valence-corrected chi connectivity index (χ1v) is 35.7. The molecule has 0 unspecified atom stereocenters. The van der Waals surface area contributed by atoms with Gasteiger partial charge in [0.25, 0.3) is 26.8 Å². The van der Waals surface area contributed by atoms with Crippen molar-refractivity contribution in [1.29, 1.82) is 0 Å². The van der Waals surface area contributed by atoms with E-state index in [2.05, 4.69) is 24.1 Å². The molecule has 85 heavy (non-hydrogen) atoms. The summed E-state index contributed by atoms with van der Waals surface area (Å²) < 4.78 is 127. The van der Waals surface area contributed by atoms with E-state index in [-0.39, 0.29) is 83.4 Å². The molecular weight excluding hydrogens is 1220 g/mol. The number of nitrogens with one attached hydrogen (secondary N) is 1. The van der Waals surface area contributed by atoms with Gasteiger partial charge in [-0.25, -0.2) is 63.0 Å². The van der Waals surface area contributed by atoms with Crippen LogP contribution in [0.25, 0.3) is 33.5 Å². The first kappa shape index (κ1) is 68.1. The first-order chi connectivity index (χ1) is 39.6. The molecule has 4 aliphatic heterocycles. The minimum Gasteiger partial charge on any atom is -0.395 e. The maximum Gasteiger partial charge on any atom is 0.332 e. The topological polar surface area (TPSA) is 409 Å². The van der Waals surface area contributed by atoms with E-state index in [1.165, 1.54) is 41.8 Å². The third-order valence-corrected chi connectivity index (χ3v) is 21.6. The average Bonchev–Trinajstić information content (AvgIpc) is 2.09. The van der Waals surface area contributed by atoms with Gasteiger partial charge in [-0.3, -0.25) is 66.0 Å². The molecule has 39 heteroatoms. The van der Waals surface area contributed by atoms with Crippen LogP contribution in [0.15, 0.2) is 47.7 Å². The fourth-order valence-corrected chi connectivity index (χ4v) is 14.8. The van der Waals surface area contributed by atoms with Gasteiger partial charge in [-0.05, 0) is 0 Å². The fraction of sp³-hybridized carbons (Fsp3) is 0.674. The molecule has 10 rings (SSSR count). The minimum atomic E-state index is -3.39. The zero-order valence-electron chi connectivity index (χ0n) is 48.3. The van der Waals surface area contributed by atoms with E-state index in [4.69, 9.17) is 5.11 Å². The Morgan fingerprint density at radius 1 is 0.471 bits per heavy atom. The number of aromatic nitrogens is 12. The number of aryl methyl sites for hydroxylation is 6. The van der Waals surface area contributed by atoms with E-state index < -0.39 is 72.1 Å². The number of H-pyrrole nitrogens is 1. The summed E-state index contributed by atoms with van der Waals surface area (Å²) >= 11 is 0. The largest absolute Gasteiger partial charge is 0.395 e. The van der Waals surface area contributed by atoms with E-state index in [0.717, 1.165) is 6.26 Å². The Morgan fingerprint density at radius 2 is 0.776 bits per heavy atom. The molecule has 10 heterocycles. The van der Waals surface area contributed by atoms with Crippen molar-refractivity contribution >= 4 is 83.0 Å². The van der Waals surface area contributed by atoms with Crippen LogP contribution in [-0.4, -0.2) is 267 Å². The molecule has 6 aromatic rings. The molecule has 4 saturated heterocycles. The summed E-state index contributed by atoms with van der Waals surface area (Å²) in [4.78, 5) is 94.3. The summed E-state index contributed by atoms with van der Waals surface area (Å²) in [6, 6.07) is 0. The second kappa shape index (κ2) is 28.2. The van der Waals surface area contributed by atoms with Crippen LogP contribution in [0, 0.1) is 0 Å². The molecule has 2 N–H and O–H groups in total. The summed E-state index contributed by atoms with van der Waals surface area (Å²) in [6.45, 7) is 6.42. The predicted molar refractivity (Wildman–Crippen MR) is 315 cm³/mol. The molecule has 0 atom stereocenters. The highest BCUT2D eigenvalue weighted by atomic mass is 32.2. The number of imidazole rings is 3. The number of hydrogen-bond acceptors (Lipinski definition) is 25. The Morgan fingerprint density at radius 3 is 1.11 bits per heavy atom. The van der Waals surface area contributed by atoms with E-state index in [1.807, 2.05) is 19.6 Å². The number of sulfone groups is 4. The number of β-amino-alcohol motifs (C(OH)–C–C–N with tert-alkyl or cyclic N) is 1. The van der Waals surface area contributed by atoms with Crippen molar-refractivity contribution in [2.75, 3.05) is 144 Å². The van der Waals surface area contributed by atoms with Crippen molar-refractivity contribution < 1.29 is 51.4 Å². The van der Waals surface area contributed by atoms with Crippen LogP contribution in [-0.2, 0) is 109 Å². The highest BCUT2D eigenvalue weighted by Gasteiger charge is 2.26. The van der Waals surface area contributed by atoms with Gasteiger partial charge in [-0.2, -0.15) is 8.42 Å². The van der Waals surface area contributed by atoms with Crippen LogP contribution in [0.5, 0.6) is 0 Å². The molecule has 0 aromatic carbocycles. The number of rotatable bonds is 12. The SMILES string of the molecule is CS(=O)(=O)OCCN1CCS(=O)(=O)CC1.Cn1cnc2c1c(=O)[nH]c(=O)n2C.Cn1cnc2c1c(=O)n(CCN1CCS(=O)(=O)CC1)c(=O)n2C.Cn1cnc2c1c(=O)n(CCN1CCS(=O)(=O)CC1)c(=O)n2C.O=S1(=O)CCN(CCO)CC1. The Hall–Kier alpha value is -6.04. The standard InChI is InChI=1S/2C13H19N5O4S.C7H8N4O2.C7H15NO5S2.C6H13NO3S/c2*1-15-9-14-11-10(15)12(19)18(13(20)16(11)2)4-3-17-5-7-23(21,22)8-6-17;1-10-3-8-5-4(10)6(12)9-7(13)11(5)2;1-14(9,10)13-5-2-8-3-6-15(11,12)7-4-8;8-4-1-7-2-5-11(9,10)6-3-7/h2*9H,3-8H2,1-2H3;3H,1-2H3,(H,9,12,13);2-7H2,1H3;8H,1-6H2. The monoisotopic (exact) mass is 1300 g/mol. The zero-order valence-corrected chi connectivity index (χ0v) is 52.4. The lowest BCUT2D eigenvalue weighted by molar-refractivity contribution is 0.205. The summed E-state index contributed by atoms with van der Waals surface area (Å²) in [5.74, 6) is 1.28. The Kier molecular flexibility index (Phi) is 22.6. The van der Waals surface area contributed by atoms with Crippen LogP contribution in [0.2, 0.25) is 0 Å². The van der Waals surface area contributed by atoms with E-state index >= 15 is 0 Å². The van der Waals surface area contributed by atoms with Gasteiger partial charge in [0.15, 0.2) is 72.8 Å². The number of aliphatic hydroxyl groups excluding tert-OH is 1.